The van der Waals surface area contributed by atoms with Crippen LogP contribution >= 0.6 is 0 Å². The molecule has 0 spiro atoms. The molecule has 0 N–H and O–H groups in total. The van der Waals surface area contributed by atoms with E-state index in [-0.39, 0.29) is 17.3 Å². The highest BCUT2D eigenvalue weighted by Gasteiger charge is 2.13. The second-order valence-corrected chi connectivity index (χ2v) is 3.99. The fourth-order valence-corrected chi connectivity index (χ4v) is 1.52. The van der Waals surface area contributed by atoms with Crippen LogP contribution in [0.4, 0.5) is 0 Å². The van der Waals surface area contributed by atoms with Gasteiger partial charge in [0.05, 0.1) is 0 Å². The Morgan fingerprint density at radius 2 is 1.94 bits per heavy atom. The highest BCUT2D eigenvalue weighted by Crippen LogP contribution is 2.16. The molecule has 0 aliphatic carbocycles. The maximum atomic E-state index is 9.05. The highest BCUT2D eigenvalue weighted by atomic mass is 15.1. The van der Waals surface area contributed by atoms with Crippen LogP contribution in [0.25, 0.3) is 5.82 Å². The van der Waals surface area contributed by atoms with Crippen LogP contribution in [0.5, 0.6) is 0 Å². The zero-order valence-electron chi connectivity index (χ0n) is 9.99. The molecule has 88 valence electrons. The van der Waals surface area contributed by atoms with Gasteiger partial charge >= 0.3 is 0 Å². The Labute approximate surface area is 104 Å². The van der Waals surface area contributed by atoms with Gasteiger partial charge in [-0.1, -0.05) is 13.8 Å². The second-order valence-electron chi connectivity index (χ2n) is 3.99. The van der Waals surface area contributed by atoms with Crippen LogP contribution in [0.3, 0.4) is 0 Å². The first-order valence-corrected chi connectivity index (χ1v) is 5.37. The van der Waals surface area contributed by atoms with Gasteiger partial charge in [-0.05, 0) is 5.92 Å². The minimum atomic E-state index is 0.0993. The molecule has 0 atom stereocenters. The summed E-state index contributed by atoms with van der Waals surface area (Å²) in [6.45, 7) is 4.04. The number of nitriles is 2. The van der Waals surface area contributed by atoms with Crippen molar-refractivity contribution in [1.29, 1.82) is 10.5 Å². The van der Waals surface area contributed by atoms with Crippen LogP contribution < -0.4 is 0 Å². The lowest BCUT2D eigenvalue weighted by atomic mass is 10.1. The van der Waals surface area contributed by atoms with E-state index in [1.165, 1.54) is 17.2 Å². The zero-order valence-corrected chi connectivity index (χ0v) is 9.99. The molecule has 0 unspecified atom stereocenters. The molecule has 2 rings (SSSR count). The first-order chi connectivity index (χ1) is 8.67. The van der Waals surface area contributed by atoms with Crippen molar-refractivity contribution in [3.8, 4) is 18.0 Å². The molecule has 0 saturated heterocycles. The Kier molecular flexibility index (Phi) is 3.03. The Morgan fingerprint density at radius 3 is 2.56 bits per heavy atom. The van der Waals surface area contributed by atoms with Crippen LogP contribution in [-0.2, 0) is 0 Å². The third-order valence-electron chi connectivity index (χ3n) is 2.49. The number of imidazole rings is 1. The summed E-state index contributed by atoms with van der Waals surface area (Å²) >= 11 is 0. The fourth-order valence-electron chi connectivity index (χ4n) is 1.52. The van der Waals surface area contributed by atoms with Gasteiger partial charge in [-0.2, -0.15) is 10.5 Å². The third kappa shape index (κ3) is 1.92. The average molecular weight is 238 g/mol. The molecule has 6 heteroatoms. The van der Waals surface area contributed by atoms with Gasteiger partial charge in [-0.3, -0.25) is 4.57 Å². The molecule has 0 aliphatic rings. The Bertz CT molecular complexity index is 656. The van der Waals surface area contributed by atoms with E-state index in [0.29, 0.717) is 5.82 Å². The van der Waals surface area contributed by atoms with E-state index >= 15 is 0 Å². The van der Waals surface area contributed by atoms with Crippen molar-refractivity contribution in [3.63, 3.8) is 0 Å². The second kappa shape index (κ2) is 4.64. The van der Waals surface area contributed by atoms with E-state index < -0.39 is 0 Å². The van der Waals surface area contributed by atoms with Crippen molar-refractivity contribution in [1.82, 2.24) is 19.5 Å². The van der Waals surface area contributed by atoms with Crippen LogP contribution in [-0.4, -0.2) is 19.5 Å². The first-order valence-electron chi connectivity index (χ1n) is 5.37. The van der Waals surface area contributed by atoms with Crippen molar-refractivity contribution < 1.29 is 0 Å². The van der Waals surface area contributed by atoms with E-state index in [2.05, 4.69) is 15.0 Å². The van der Waals surface area contributed by atoms with Crippen molar-refractivity contribution >= 4 is 0 Å². The molecule has 18 heavy (non-hydrogen) atoms. The van der Waals surface area contributed by atoms with E-state index in [1.54, 1.807) is 6.07 Å². The summed E-state index contributed by atoms with van der Waals surface area (Å²) in [5.41, 5.74) is 1.16. The summed E-state index contributed by atoms with van der Waals surface area (Å²) in [5.74, 6) is 0.801. The quantitative estimate of drug-likeness (QED) is 0.791. The molecule has 0 radical (unpaired) electrons. The average Bonchev–Trinajstić information content (AvgIpc) is 2.81. The fraction of sp³-hybridized carbons (Fsp3) is 0.250. The summed E-state index contributed by atoms with van der Waals surface area (Å²) in [4.78, 5) is 12.1. The van der Waals surface area contributed by atoms with Crippen LogP contribution in [0.2, 0.25) is 0 Å². The lowest BCUT2D eigenvalue weighted by molar-refractivity contribution is 0.803. The predicted octanol–water partition coefficient (Wildman–Crippen LogP) is 1.53. The minimum Gasteiger partial charge on any atom is -0.273 e. The monoisotopic (exact) mass is 238 g/mol. The lowest BCUT2D eigenvalue weighted by Crippen LogP contribution is -2.03. The van der Waals surface area contributed by atoms with Crippen molar-refractivity contribution in [2.75, 3.05) is 0 Å². The molecule has 0 aliphatic heterocycles. The predicted molar refractivity (Wildman–Crippen MR) is 62.7 cm³/mol. The summed E-state index contributed by atoms with van der Waals surface area (Å²) in [5, 5.41) is 17.9. The lowest BCUT2D eigenvalue weighted by Gasteiger charge is -2.07. The maximum Gasteiger partial charge on any atom is 0.177 e. The molecule has 2 aromatic heterocycles. The standard InChI is InChI=1S/C12H10N6/c1-8(2)9-3-12(16-6-15-9)18-7-17-10(4-13)11(18)5-14/h3,6-8H,1-2H3. The minimum absolute atomic E-state index is 0.0993. The van der Waals surface area contributed by atoms with E-state index in [1.807, 2.05) is 26.0 Å². The Hall–Kier alpha value is -2.73. The molecule has 2 aromatic rings. The molecule has 0 saturated carbocycles. The van der Waals surface area contributed by atoms with E-state index in [9.17, 15) is 0 Å². The van der Waals surface area contributed by atoms with Crippen LogP contribution in [0.15, 0.2) is 18.7 Å². The summed E-state index contributed by atoms with van der Waals surface area (Å²) in [6, 6.07) is 5.62. The summed E-state index contributed by atoms with van der Waals surface area (Å²) in [7, 11) is 0. The summed E-state index contributed by atoms with van der Waals surface area (Å²) < 4.78 is 1.49. The van der Waals surface area contributed by atoms with Crippen LogP contribution in [0, 0.1) is 22.7 Å². The number of rotatable bonds is 2. The number of nitrogens with zero attached hydrogens (tertiary/aromatic N) is 6. The SMILES string of the molecule is CC(C)c1cc(-n2cnc(C#N)c2C#N)ncn1. The molecular weight excluding hydrogens is 228 g/mol. The summed E-state index contributed by atoms with van der Waals surface area (Å²) in [6.07, 6.45) is 2.86. The maximum absolute atomic E-state index is 9.05. The van der Waals surface area contributed by atoms with Crippen molar-refractivity contribution in [2.24, 2.45) is 0 Å². The number of aromatic nitrogens is 4. The van der Waals surface area contributed by atoms with Gasteiger partial charge < -0.3 is 0 Å². The number of hydrogen-bond donors (Lipinski definition) is 0. The zero-order chi connectivity index (χ0) is 13.1. The van der Waals surface area contributed by atoms with Gasteiger partial charge in [0.25, 0.3) is 0 Å². The van der Waals surface area contributed by atoms with E-state index in [0.717, 1.165) is 5.69 Å². The smallest absolute Gasteiger partial charge is 0.177 e. The highest BCUT2D eigenvalue weighted by molar-refractivity contribution is 5.41. The van der Waals surface area contributed by atoms with Gasteiger partial charge in [0.2, 0.25) is 0 Å². The van der Waals surface area contributed by atoms with E-state index in [4.69, 9.17) is 10.5 Å². The topological polar surface area (TPSA) is 91.2 Å². The normalized spacial score (nSPS) is 10.1. The number of hydrogen-bond acceptors (Lipinski definition) is 5. The van der Waals surface area contributed by atoms with Gasteiger partial charge in [0, 0.05) is 11.8 Å². The molecule has 2 heterocycles. The molecule has 0 amide bonds. The van der Waals surface area contributed by atoms with Gasteiger partial charge in [0.1, 0.15) is 30.6 Å². The molecule has 0 bridgehead atoms. The van der Waals surface area contributed by atoms with Gasteiger partial charge in [-0.25, -0.2) is 15.0 Å². The largest absolute Gasteiger partial charge is 0.273 e. The van der Waals surface area contributed by atoms with Crippen LogP contribution in [0.1, 0.15) is 36.8 Å². The van der Waals surface area contributed by atoms with Crippen molar-refractivity contribution in [3.05, 3.63) is 35.8 Å². The Morgan fingerprint density at radius 1 is 1.17 bits per heavy atom. The molecule has 6 nitrogen and oxygen atoms in total. The molecule has 0 fully saturated rings. The third-order valence-corrected chi connectivity index (χ3v) is 2.49. The molecular formula is C12H10N6. The van der Waals surface area contributed by atoms with Crippen molar-refractivity contribution in [2.45, 2.75) is 19.8 Å². The molecule has 0 aromatic carbocycles. The van der Waals surface area contributed by atoms with Gasteiger partial charge in [0.15, 0.2) is 11.4 Å². The van der Waals surface area contributed by atoms with Gasteiger partial charge in [-0.15, -0.1) is 0 Å². The Balaban J connectivity index is 2.57. The first kappa shape index (κ1) is 11.7.